The largest absolute Gasteiger partial charge is 0.480 e. The molecule has 6 rings (SSSR count). The minimum atomic E-state index is -4.01. The average molecular weight is 468 g/mol. The first-order chi connectivity index (χ1) is 15.9. The van der Waals surface area contributed by atoms with Gasteiger partial charge in [-0.25, -0.2) is 18.2 Å². The van der Waals surface area contributed by atoms with Crippen molar-refractivity contribution in [1.82, 2.24) is 10.1 Å². The number of methoxy groups -OCH3 is 1. The van der Waals surface area contributed by atoms with E-state index >= 15 is 0 Å². The normalized spacial score (nSPS) is 18.0. The van der Waals surface area contributed by atoms with Gasteiger partial charge in [0.25, 0.3) is 10.0 Å². The second-order valence-corrected chi connectivity index (χ2v) is 10.1. The summed E-state index contributed by atoms with van der Waals surface area (Å²) in [5.41, 5.74) is 3.28. The van der Waals surface area contributed by atoms with Gasteiger partial charge in [0, 0.05) is 28.4 Å². The van der Waals surface area contributed by atoms with Crippen molar-refractivity contribution in [2.75, 3.05) is 29.9 Å². The summed E-state index contributed by atoms with van der Waals surface area (Å²) in [4.78, 5) is 17.5. The topological polar surface area (TPSA) is 124 Å². The van der Waals surface area contributed by atoms with E-state index in [1.54, 1.807) is 4.90 Å². The second-order valence-electron chi connectivity index (χ2n) is 8.41. The molecule has 2 aromatic heterocycles. The van der Waals surface area contributed by atoms with Crippen LogP contribution in [-0.4, -0.2) is 44.9 Å². The number of anilines is 2. The predicted octanol–water partition coefficient (Wildman–Crippen LogP) is 3.09. The highest BCUT2D eigenvalue weighted by atomic mass is 32.2. The standard InChI is InChI=1S/C22H20N4O6S/c1-30-20-17(3-2-8-23-20)33(28,29)25-19-15-12-22(6-7-22)16-5-4-13(26-9-10-31-21(26)27)11-14(16)18(15)32-24-19/h2-5,8,11H,6-7,9-10,12H2,1H3,(H,24,25). The minimum absolute atomic E-state index is 0.00601. The SMILES string of the molecule is COc1ncccc1S(=O)(=O)Nc1noc2c1CC1(CC1)c1ccc(N3CCOC3=O)cc1-2. The van der Waals surface area contributed by atoms with Crippen molar-refractivity contribution >= 4 is 27.6 Å². The van der Waals surface area contributed by atoms with E-state index in [1.807, 2.05) is 18.2 Å². The van der Waals surface area contributed by atoms with Gasteiger partial charge in [-0.1, -0.05) is 11.2 Å². The highest BCUT2D eigenvalue weighted by molar-refractivity contribution is 7.92. The van der Waals surface area contributed by atoms with Crippen LogP contribution in [0.3, 0.4) is 0 Å². The van der Waals surface area contributed by atoms with Crippen LogP contribution >= 0.6 is 0 Å². The molecule has 1 saturated heterocycles. The van der Waals surface area contributed by atoms with Crippen LogP contribution in [0, 0.1) is 0 Å². The van der Waals surface area contributed by atoms with Crippen molar-refractivity contribution in [3.05, 3.63) is 47.7 Å². The van der Waals surface area contributed by atoms with Gasteiger partial charge in [0.05, 0.1) is 13.7 Å². The van der Waals surface area contributed by atoms with Gasteiger partial charge in [0.1, 0.15) is 11.5 Å². The maximum Gasteiger partial charge on any atom is 0.414 e. The molecule has 10 nitrogen and oxygen atoms in total. The lowest BCUT2D eigenvalue weighted by atomic mass is 9.79. The smallest absolute Gasteiger partial charge is 0.414 e. The first kappa shape index (κ1) is 20.0. The molecule has 0 unspecified atom stereocenters. The van der Waals surface area contributed by atoms with Crippen LogP contribution in [0.25, 0.3) is 11.3 Å². The van der Waals surface area contributed by atoms with Gasteiger partial charge in [-0.2, -0.15) is 0 Å². The number of cyclic esters (lactones) is 1. The molecule has 33 heavy (non-hydrogen) atoms. The minimum Gasteiger partial charge on any atom is -0.480 e. The molecule has 0 bridgehead atoms. The molecule has 3 heterocycles. The van der Waals surface area contributed by atoms with Crippen molar-refractivity contribution < 1.29 is 27.2 Å². The molecule has 3 aromatic rings. The van der Waals surface area contributed by atoms with Gasteiger partial charge < -0.3 is 14.0 Å². The number of amides is 1. The molecule has 0 radical (unpaired) electrons. The Morgan fingerprint density at radius 1 is 1.24 bits per heavy atom. The zero-order chi connectivity index (χ0) is 22.8. The third-order valence-electron chi connectivity index (χ3n) is 6.50. The summed E-state index contributed by atoms with van der Waals surface area (Å²) in [6.45, 7) is 0.821. The molecule has 0 atom stereocenters. The van der Waals surface area contributed by atoms with Gasteiger partial charge in [-0.05, 0) is 49.1 Å². The second kappa shape index (κ2) is 6.95. The monoisotopic (exact) mass is 468 g/mol. The van der Waals surface area contributed by atoms with Gasteiger partial charge in [0.15, 0.2) is 11.6 Å². The van der Waals surface area contributed by atoms with Crippen molar-refractivity contribution in [2.45, 2.75) is 29.6 Å². The third kappa shape index (κ3) is 3.06. The molecule has 1 saturated carbocycles. The number of nitrogens with one attached hydrogen (secondary N) is 1. The number of carbonyl (C=O) groups excluding carboxylic acids is 1. The summed E-state index contributed by atoms with van der Waals surface area (Å²) in [5.74, 6) is 0.653. The van der Waals surface area contributed by atoms with E-state index in [-0.39, 0.29) is 28.1 Å². The third-order valence-corrected chi connectivity index (χ3v) is 7.85. The highest BCUT2D eigenvalue weighted by Gasteiger charge is 2.51. The number of benzene rings is 1. The molecule has 2 aliphatic carbocycles. The first-order valence-corrected chi connectivity index (χ1v) is 12.0. The van der Waals surface area contributed by atoms with E-state index in [0.29, 0.717) is 36.6 Å². The van der Waals surface area contributed by atoms with Crippen LogP contribution in [0.4, 0.5) is 16.3 Å². The fourth-order valence-corrected chi connectivity index (χ4v) is 5.84. The molecular weight excluding hydrogens is 448 g/mol. The summed E-state index contributed by atoms with van der Waals surface area (Å²) in [6, 6.07) is 8.78. The van der Waals surface area contributed by atoms with Gasteiger partial charge in [-0.3, -0.25) is 9.62 Å². The van der Waals surface area contributed by atoms with Crippen LogP contribution in [0.15, 0.2) is 45.9 Å². The van der Waals surface area contributed by atoms with Gasteiger partial charge in [-0.15, -0.1) is 0 Å². The number of aromatic nitrogens is 2. The number of nitrogens with zero attached hydrogens (tertiary/aromatic N) is 3. The Hall–Kier alpha value is -3.60. The number of carbonyl (C=O) groups is 1. The fourth-order valence-electron chi connectivity index (χ4n) is 4.69. The Labute approximate surface area is 189 Å². The van der Waals surface area contributed by atoms with Crippen LogP contribution in [0.2, 0.25) is 0 Å². The maximum atomic E-state index is 13.1. The number of pyridine rings is 1. The van der Waals surface area contributed by atoms with Gasteiger partial charge in [0.2, 0.25) is 5.88 Å². The van der Waals surface area contributed by atoms with E-state index in [1.165, 1.54) is 25.4 Å². The van der Waals surface area contributed by atoms with E-state index in [9.17, 15) is 13.2 Å². The fraction of sp³-hybridized carbons (Fsp3) is 0.318. The molecule has 11 heteroatoms. The molecule has 2 fully saturated rings. The number of fused-ring (bicyclic) bond motifs is 4. The van der Waals surface area contributed by atoms with E-state index in [4.69, 9.17) is 14.0 Å². The summed E-state index contributed by atoms with van der Waals surface area (Å²) < 4.78 is 44.5. The Kier molecular flexibility index (Phi) is 4.22. The number of hydrogen-bond acceptors (Lipinski definition) is 8. The summed E-state index contributed by atoms with van der Waals surface area (Å²) >= 11 is 0. The van der Waals surface area contributed by atoms with Gasteiger partial charge >= 0.3 is 6.09 Å². The first-order valence-electron chi connectivity index (χ1n) is 10.5. The van der Waals surface area contributed by atoms with E-state index in [0.717, 1.165) is 24.0 Å². The summed E-state index contributed by atoms with van der Waals surface area (Å²) in [5, 5.41) is 4.07. The van der Waals surface area contributed by atoms with Crippen LogP contribution in [0.5, 0.6) is 5.88 Å². The number of hydrogen-bond donors (Lipinski definition) is 1. The van der Waals surface area contributed by atoms with Crippen LogP contribution < -0.4 is 14.4 Å². The lowest BCUT2D eigenvalue weighted by Gasteiger charge is -2.26. The zero-order valence-electron chi connectivity index (χ0n) is 17.7. The van der Waals surface area contributed by atoms with E-state index < -0.39 is 10.0 Å². The summed E-state index contributed by atoms with van der Waals surface area (Å²) in [6.07, 6.45) is 3.66. The Bertz CT molecular complexity index is 1400. The lowest BCUT2D eigenvalue weighted by Crippen LogP contribution is -2.24. The summed E-state index contributed by atoms with van der Waals surface area (Å²) in [7, 11) is -2.65. The molecule has 1 aromatic carbocycles. The Morgan fingerprint density at radius 3 is 2.82 bits per heavy atom. The average Bonchev–Trinajstić information content (AvgIpc) is 3.28. The lowest BCUT2D eigenvalue weighted by molar-refractivity contribution is 0.181. The molecule has 1 aliphatic heterocycles. The molecular formula is C22H20N4O6S. The molecule has 1 amide bonds. The van der Waals surface area contributed by atoms with Crippen molar-refractivity contribution in [3.63, 3.8) is 0 Å². The number of sulfonamides is 1. The molecule has 1 N–H and O–H groups in total. The Morgan fingerprint density at radius 2 is 2.09 bits per heavy atom. The predicted molar refractivity (Wildman–Crippen MR) is 117 cm³/mol. The van der Waals surface area contributed by atoms with Crippen LogP contribution in [0.1, 0.15) is 24.0 Å². The van der Waals surface area contributed by atoms with Crippen LogP contribution in [-0.2, 0) is 26.6 Å². The highest BCUT2D eigenvalue weighted by Crippen LogP contribution is 2.58. The molecule has 3 aliphatic rings. The van der Waals surface area contributed by atoms with Crippen molar-refractivity contribution in [2.24, 2.45) is 0 Å². The molecule has 170 valence electrons. The molecule has 1 spiro atoms. The maximum absolute atomic E-state index is 13.1. The zero-order valence-corrected chi connectivity index (χ0v) is 18.5. The van der Waals surface area contributed by atoms with Crippen molar-refractivity contribution in [1.29, 1.82) is 0 Å². The quantitative estimate of drug-likeness (QED) is 0.606. The van der Waals surface area contributed by atoms with E-state index in [2.05, 4.69) is 14.9 Å². The number of rotatable bonds is 5. The Balaban J connectivity index is 1.41. The van der Waals surface area contributed by atoms with Crippen molar-refractivity contribution in [3.8, 4) is 17.2 Å². The number of ether oxygens (including phenoxy) is 2.